The molecule has 0 bridgehead atoms. The highest BCUT2D eigenvalue weighted by atomic mass is 19.1. The number of hydrogen-bond acceptors (Lipinski definition) is 3. The van der Waals surface area contributed by atoms with Crippen LogP contribution in [0.4, 0.5) is 4.39 Å². The van der Waals surface area contributed by atoms with Crippen LogP contribution in [0, 0.1) is 11.7 Å². The number of halogens is 1. The maximum atomic E-state index is 13.4. The summed E-state index contributed by atoms with van der Waals surface area (Å²) in [7, 11) is 0. The number of rotatable bonds is 6. The Labute approximate surface area is 130 Å². The van der Waals surface area contributed by atoms with Gasteiger partial charge in [0.15, 0.2) is 0 Å². The third-order valence-corrected chi connectivity index (χ3v) is 4.31. The van der Waals surface area contributed by atoms with E-state index in [4.69, 9.17) is 4.74 Å². The van der Waals surface area contributed by atoms with E-state index >= 15 is 0 Å². The van der Waals surface area contributed by atoms with Crippen molar-refractivity contribution < 1.29 is 13.9 Å². The Balaban J connectivity index is 1.57. The fourth-order valence-electron chi connectivity index (χ4n) is 2.85. The number of nitrogens with zero attached hydrogens (tertiary/aromatic N) is 1. The summed E-state index contributed by atoms with van der Waals surface area (Å²) >= 11 is 0. The summed E-state index contributed by atoms with van der Waals surface area (Å²) in [6, 6.07) is 6.42. The van der Waals surface area contributed by atoms with Crippen LogP contribution in [0.2, 0.25) is 0 Å². The van der Waals surface area contributed by atoms with E-state index in [1.165, 1.54) is 25.0 Å². The maximum absolute atomic E-state index is 13.4. The van der Waals surface area contributed by atoms with E-state index in [2.05, 4.69) is 5.32 Å². The third kappa shape index (κ3) is 4.05. The molecule has 0 aromatic heterocycles. The Hall–Kier alpha value is -1.46. The van der Waals surface area contributed by atoms with Crippen LogP contribution < -0.4 is 5.32 Å². The highest BCUT2D eigenvalue weighted by molar-refractivity contribution is 5.77. The van der Waals surface area contributed by atoms with Crippen LogP contribution in [0.1, 0.15) is 30.9 Å². The number of carbonyl (C=O) groups is 1. The Morgan fingerprint density at radius 3 is 3.05 bits per heavy atom. The molecule has 4 nitrogen and oxygen atoms in total. The highest BCUT2D eigenvalue weighted by Gasteiger charge is 2.28. The molecule has 1 saturated carbocycles. The van der Waals surface area contributed by atoms with E-state index in [0.29, 0.717) is 32.0 Å². The fraction of sp³-hybridized carbons (Fsp3) is 0.588. The lowest BCUT2D eigenvalue weighted by Gasteiger charge is -2.36. The topological polar surface area (TPSA) is 41.6 Å². The number of hydrogen-bond donors (Lipinski definition) is 1. The van der Waals surface area contributed by atoms with Gasteiger partial charge in [-0.1, -0.05) is 12.1 Å². The number of ether oxygens (including phenoxy) is 1. The molecule has 0 radical (unpaired) electrons. The van der Waals surface area contributed by atoms with Crippen molar-refractivity contribution in [1.29, 1.82) is 0 Å². The van der Waals surface area contributed by atoms with E-state index < -0.39 is 0 Å². The molecule has 1 aromatic rings. The molecule has 1 aromatic carbocycles. The van der Waals surface area contributed by atoms with Crippen molar-refractivity contribution in [2.75, 3.05) is 32.8 Å². The van der Waals surface area contributed by atoms with Gasteiger partial charge in [-0.15, -0.1) is 0 Å². The third-order valence-electron chi connectivity index (χ3n) is 4.31. The summed E-state index contributed by atoms with van der Waals surface area (Å²) in [6.07, 6.45) is 2.92. The molecule has 2 aliphatic rings. The lowest BCUT2D eigenvalue weighted by molar-refractivity contribution is -0.135. The summed E-state index contributed by atoms with van der Waals surface area (Å²) in [6.45, 7) is 3.36. The first-order valence-electron chi connectivity index (χ1n) is 8.07. The largest absolute Gasteiger partial charge is 0.381 e. The number of carbonyl (C=O) groups excluding carboxylic acids is 1. The quantitative estimate of drug-likeness (QED) is 0.819. The van der Waals surface area contributed by atoms with Gasteiger partial charge < -0.3 is 15.0 Å². The summed E-state index contributed by atoms with van der Waals surface area (Å²) < 4.78 is 19.0. The van der Waals surface area contributed by atoms with Gasteiger partial charge in [-0.3, -0.25) is 4.79 Å². The molecule has 1 heterocycles. The molecule has 1 unspecified atom stereocenters. The Kier molecular flexibility index (Phi) is 5.05. The predicted molar refractivity (Wildman–Crippen MR) is 81.9 cm³/mol. The van der Waals surface area contributed by atoms with Crippen LogP contribution in [0.3, 0.4) is 0 Å². The average molecular weight is 306 g/mol. The molecule has 1 N–H and O–H groups in total. The second-order valence-corrected chi connectivity index (χ2v) is 6.13. The normalized spacial score (nSPS) is 21.9. The van der Waals surface area contributed by atoms with Gasteiger partial charge in [-0.25, -0.2) is 4.39 Å². The van der Waals surface area contributed by atoms with Gasteiger partial charge >= 0.3 is 0 Å². The van der Waals surface area contributed by atoms with Crippen LogP contribution in [0.25, 0.3) is 0 Å². The minimum Gasteiger partial charge on any atom is -0.381 e. The SMILES string of the molecule is O=C(CCOCC1CC1)N1CCNCC1c1cccc(F)c1. The zero-order valence-electron chi connectivity index (χ0n) is 12.8. The molecule has 0 spiro atoms. The smallest absolute Gasteiger partial charge is 0.225 e. The van der Waals surface area contributed by atoms with E-state index in [-0.39, 0.29) is 17.8 Å². The van der Waals surface area contributed by atoms with Crippen molar-refractivity contribution in [3.05, 3.63) is 35.6 Å². The molecular weight excluding hydrogens is 283 g/mol. The lowest BCUT2D eigenvalue weighted by Crippen LogP contribution is -2.48. The van der Waals surface area contributed by atoms with Crippen molar-refractivity contribution >= 4 is 5.91 Å². The highest BCUT2D eigenvalue weighted by Crippen LogP contribution is 2.29. The van der Waals surface area contributed by atoms with Crippen molar-refractivity contribution in [3.8, 4) is 0 Å². The van der Waals surface area contributed by atoms with Crippen molar-refractivity contribution in [2.24, 2.45) is 5.92 Å². The number of benzene rings is 1. The lowest BCUT2D eigenvalue weighted by atomic mass is 10.0. The monoisotopic (exact) mass is 306 g/mol. The van der Waals surface area contributed by atoms with Gasteiger partial charge in [0.2, 0.25) is 5.91 Å². The van der Waals surface area contributed by atoms with Gasteiger partial charge in [-0.2, -0.15) is 0 Å². The van der Waals surface area contributed by atoms with Crippen molar-refractivity contribution in [3.63, 3.8) is 0 Å². The first-order chi connectivity index (χ1) is 10.7. The van der Waals surface area contributed by atoms with E-state index in [9.17, 15) is 9.18 Å². The van der Waals surface area contributed by atoms with Crippen LogP contribution in [-0.2, 0) is 9.53 Å². The maximum Gasteiger partial charge on any atom is 0.225 e. The van der Waals surface area contributed by atoms with Crippen molar-refractivity contribution in [1.82, 2.24) is 10.2 Å². The number of nitrogens with one attached hydrogen (secondary N) is 1. The van der Waals surface area contributed by atoms with E-state index in [1.54, 1.807) is 6.07 Å². The summed E-state index contributed by atoms with van der Waals surface area (Å²) in [4.78, 5) is 14.3. The van der Waals surface area contributed by atoms with Gasteiger partial charge in [0.05, 0.1) is 19.1 Å². The molecule has 1 saturated heterocycles. The van der Waals surface area contributed by atoms with Crippen LogP contribution in [-0.4, -0.2) is 43.7 Å². The predicted octanol–water partition coefficient (Wildman–Crippen LogP) is 2.12. The second-order valence-electron chi connectivity index (χ2n) is 6.13. The zero-order chi connectivity index (χ0) is 15.4. The van der Waals surface area contributed by atoms with Gasteiger partial charge in [0.1, 0.15) is 5.82 Å². The first-order valence-corrected chi connectivity index (χ1v) is 8.07. The fourth-order valence-corrected chi connectivity index (χ4v) is 2.85. The molecule has 120 valence electrons. The van der Waals surface area contributed by atoms with Gasteiger partial charge in [0, 0.05) is 26.2 Å². The molecule has 1 aliphatic carbocycles. The minimum atomic E-state index is -0.261. The zero-order valence-corrected chi connectivity index (χ0v) is 12.8. The molecule has 3 rings (SSSR count). The summed E-state index contributed by atoms with van der Waals surface area (Å²) in [5, 5.41) is 3.28. The molecule has 1 atom stereocenters. The Morgan fingerprint density at radius 2 is 2.27 bits per heavy atom. The molecule has 22 heavy (non-hydrogen) atoms. The molecule has 5 heteroatoms. The molecule has 2 fully saturated rings. The van der Waals surface area contributed by atoms with Gasteiger partial charge in [0.25, 0.3) is 0 Å². The molecule has 1 aliphatic heterocycles. The average Bonchev–Trinajstić information content (AvgIpc) is 3.36. The van der Waals surface area contributed by atoms with Gasteiger partial charge in [-0.05, 0) is 36.5 Å². The van der Waals surface area contributed by atoms with Crippen LogP contribution in [0.5, 0.6) is 0 Å². The van der Waals surface area contributed by atoms with Crippen LogP contribution >= 0.6 is 0 Å². The van der Waals surface area contributed by atoms with Crippen molar-refractivity contribution in [2.45, 2.75) is 25.3 Å². The second kappa shape index (κ2) is 7.20. The molecule has 1 amide bonds. The number of piperazine rings is 1. The Morgan fingerprint density at radius 1 is 1.41 bits per heavy atom. The minimum absolute atomic E-state index is 0.0894. The first kappa shape index (κ1) is 15.4. The molecular formula is C17H23FN2O2. The van der Waals surface area contributed by atoms with E-state index in [0.717, 1.165) is 18.7 Å². The Bertz CT molecular complexity index is 519. The number of amides is 1. The summed E-state index contributed by atoms with van der Waals surface area (Å²) in [5.74, 6) is 0.545. The van der Waals surface area contributed by atoms with Crippen LogP contribution in [0.15, 0.2) is 24.3 Å². The van der Waals surface area contributed by atoms with E-state index in [1.807, 2.05) is 11.0 Å². The standard InChI is InChI=1S/C17H23FN2O2/c18-15-3-1-2-14(10-15)16-11-19-7-8-20(16)17(21)6-9-22-12-13-4-5-13/h1-3,10,13,16,19H,4-9,11-12H2. The summed E-state index contributed by atoms with van der Waals surface area (Å²) in [5.41, 5.74) is 0.847.